The normalized spacial score (nSPS) is 19.7. The largest absolute Gasteiger partial charge is 0.373 e. The molecule has 1 aliphatic rings. The second kappa shape index (κ2) is 8.51. The van der Waals surface area contributed by atoms with E-state index in [1.807, 2.05) is 6.07 Å². The molecule has 2 rings (SSSR count). The molecule has 0 amide bonds. The summed E-state index contributed by atoms with van der Waals surface area (Å²) >= 11 is 0. The molecule has 0 saturated carbocycles. The van der Waals surface area contributed by atoms with Crippen LogP contribution in [0.25, 0.3) is 0 Å². The van der Waals surface area contributed by atoms with Crippen LogP contribution in [0.15, 0.2) is 10.6 Å². The third-order valence-corrected chi connectivity index (χ3v) is 3.98. The molecule has 5 heteroatoms. The van der Waals surface area contributed by atoms with Gasteiger partial charge in [-0.05, 0) is 45.3 Å². The van der Waals surface area contributed by atoms with Crippen LogP contribution < -0.4 is 5.32 Å². The Kier molecular flexibility index (Phi) is 6.67. The zero-order valence-corrected chi connectivity index (χ0v) is 13.6. The Balaban J connectivity index is 1.59. The first-order valence-electron chi connectivity index (χ1n) is 8.08. The lowest BCUT2D eigenvalue weighted by Gasteiger charge is -2.18. The summed E-state index contributed by atoms with van der Waals surface area (Å²) in [4.78, 5) is 2.43. The Morgan fingerprint density at radius 1 is 1.52 bits per heavy atom. The van der Waals surface area contributed by atoms with Gasteiger partial charge in [-0.2, -0.15) is 0 Å². The number of rotatable bonds is 9. The summed E-state index contributed by atoms with van der Waals surface area (Å²) in [7, 11) is 2.20. The fourth-order valence-corrected chi connectivity index (χ4v) is 2.73. The molecule has 0 aliphatic carbocycles. The van der Waals surface area contributed by atoms with Gasteiger partial charge in [-0.15, -0.1) is 0 Å². The molecule has 1 fully saturated rings. The van der Waals surface area contributed by atoms with Crippen molar-refractivity contribution in [1.82, 2.24) is 15.4 Å². The predicted octanol–water partition coefficient (Wildman–Crippen LogP) is 2.42. The van der Waals surface area contributed by atoms with Crippen molar-refractivity contribution in [1.29, 1.82) is 0 Å². The van der Waals surface area contributed by atoms with Crippen LogP contribution in [0.3, 0.4) is 0 Å². The Morgan fingerprint density at radius 3 is 3.10 bits per heavy atom. The maximum Gasteiger partial charge on any atom is 0.162 e. The van der Waals surface area contributed by atoms with Gasteiger partial charge >= 0.3 is 0 Å². The Morgan fingerprint density at radius 2 is 2.38 bits per heavy atom. The molecule has 2 heterocycles. The van der Waals surface area contributed by atoms with Crippen LogP contribution in [-0.4, -0.2) is 42.8 Å². The van der Waals surface area contributed by atoms with Gasteiger partial charge in [0.15, 0.2) is 5.76 Å². The second-order valence-electron chi connectivity index (χ2n) is 6.43. The molecule has 0 radical (unpaired) electrons. The van der Waals surface area contributed by atoms with Gasteiger partial charge in [-0.3, -0.25) is 0 Å². The van der Waals surface area contributed by atoms with Crippen molar-refractivity contribution in [3.63, 3.8) is 0 Å². The summed E-state index contributed by atoms with van der Waals surface area (Å²) in [5.41, 5.74) is 0.949. The smallest absolute Gasteiger partial charge is 0.162 e. The first-order chi connectivity index (χ1) is 10.1. The lowest BCUT2D eigenvalue weighted by Crippen LogP contribution is -2.26. The molecule has 0 aromatic carbocycles. The molecule has 0 bridgehead atoms. The molecular weight excluding hydrogens is 266 g/mol. The van der Waals surface area contributed by atoms with E-state index in [-0.39, 0.29) is 0 Å². The highest BCUT2D eigenvalue weighted by Crippen LogP contribution is 2.17. The summed E-state index contributed by atoms with van der Waals surface area (Å²) < 4.78 is 11.0. The highest BCUT2D eigenvalue weighted by molar-refractivity contribution is 5.04. The van der Waals surface area contributed by atoms with Crippen molar-refractivity contribution >= 4 is 0 Å². The van der Waals surface area contributed by atoms with E-state index in [9.17, 15) is 0 Å². The van der Waals surface area contributed by atoms with Gasteiger partial charge in [-0.1, -0.05) is 19.0 Å². The van der Waals surface area contributed by atoms with Gasteiger partial charge in [0.1, 0.15) is 6.61 Å². The fraction of sp³-hybridized carbons (Fsp3) is 0.812. The number of likely N-dealkylation sites (tertiary alicyclic amines) is 1. The number of nitrogens with zero attached hydrogens (tertiary/aromatic N) is 2. The van der Waals surface area contributed by atoms with Crippen molar-refractivity contribution in [2.24, 2.45) is 5.92 Å². The quantitative estimate of drug-likeness (QED) is 0.709. The maximum atomic E-state index is 5.71. The van der Waals surface area contributed by atoms with Crippen molar-refractivity contribution in [2.75, 3.05) is 26.7 Å². The topological polar surface area (TPSA) is 50.5 Å². The van der Waals surface area contributed by atoms with Crippen molar-refractivity contribution in [2.45, 2.75) is 52.3 Å². The van der Waals surface area contributed by atoms with Gasteiger partial charge in [-0.25, -0.2) is 0 Å². The average molecular weight is 295 g/mol. The Hall–Kier alpha value is -0.910. The summed E-state index contributed by atoms with van der Waals surface area (Å²) in [6.07, 6.45) is 3.72. The van der Waals surface area contributed by atoms with Gasteiger partial charge in [0, 0.05) is 25.3 Å². The number of hydrogen-bond donors (Lipinski definition) is 1. The molecule has 1 aromatic rings. The number of nitrogens with one attached hydrogen (secondary N) is 1. The van der Waals surface area contributed by atoms with E-state index < -0.39 is 0 Å². The maximum absolute atomic E-state index is 5.71. The second-order valence-corrected chi connectivity index (χ2v) is 6.43. The minimum Gasteiger partial charge on any atom is -0.373 e. The van der Waals surface area contributed by atoms with E-state index in [1.54, 1.807) is 0 Å². The highest BCUT2D eigenvalue weighted by atomic mass is 16.5. The van der Waals surface area contributed by atoms with Crippen LogP contribution in [0.5, 0.6) is 0 Å². The number of aromatic nitrogens is 1. The molecule has 5 nitrogen and oxygen atoms in total. The van der Waals surface area contributed by atoms with Gasteiger partial charge in [0.05, 0.1) is 5.69 Å². The van der Waals surface area contributed by atoms with Crippen LogP contribution >= 0.6 is 0 Å². The predicted molar refractivity (Wildman–Crippen MR) is 83.0 cm³/mol. The minimum absolute atomic E-state index is 0.521. The van der Waals surface area contributed by atoms with Crippen molar-refractivity contribution in [3.05, 3.63) is 17.5 Å². The zero-order chi connectivity index (χ0) is 15.1. The van der Waals surface area contributed by atoms with Gasteiger partial charge < -0.3 is 19.5 Å². The van der Waals surface area contributed by atoms with E-state index in [1.165, 1.54) is 19.4 Å². The average Bonchev–Trinajstić information content (AvgIpc) is 3.04. The van der Waals surface area contributed by atoms with Crippen molar-refractivity contribution in [3.8, 4) is 0 Å². The number of hydrogen-bond acceptors (Lipinski definition) is 5. The van der Waals surface area contributed by atoms with E-state index in [0.29, 0.717) is 18.6 Å². The standard InChI is InChI=1S/C16H29N3O2/c1-13(2)10-17-11-14-9-16(21-18-14)12-20-8-6-15-5-4-7-19(15)3/h9,13,15,17H,4-8,10-12H2,1-3H3. The molecule has 1 aromatic heterocycles. The molecule has 1 N–H and O–H groups in total. The van der Waals surface area contributed by atoms with E-state index in [2.05, 4.69) is 36.3 Å². The summed E-state index contributed by atoms with van der Waals surface area (Å²) in [6, 6.07) is 2.67. The molecule has 1 aliphatic heterocycles. The zero-order valence-electron chi connectivity index (χ0n) is 13.6. The first-order valence-corrected chi connectivity index (χ1v) is 8.08. The van der Waals surface area contributed by atoms with Crippen molar-refractivity contribution < 1.29 is 9.26 Å². The van der Waals surface area contributed by atoms with Gasteiger partial charge in [0.25, 0.3) is 0 Å². The van der Waals surface area contributed by atoms with Crippen LogP contribution in [0, 0.1) is 5.92 Å². The lowest BCUT2D eigenvalue weighted by atomic mass is 10.1. The monoisotopic (exact) mass is 295 g/mol. The van der Waals surface area contributed by atoms with Crippen LogP contribution in [-0.2, 0) is 17.9 Å². The lowest BCUT2D eigenvalue weighted by molar-refractivity contribution is 0.0854. The molecule has 0 spiro atoms. The molecule has 120 valence electrons. The Labute approximate surface area is 128 Å². The highest BCUT2D eigenvalue weighted by Gasteiger charge is 2.20. The molecule has 1 unspecified atom stereocenters. The van der Waals surface area contributed by atoms with E-state index >= 15 is 0 Å². The fourth-order valence-electron chi connectivity index (χ4n) is 2.73. The Bertz CT molecular complexity index is 406. The minimum atomic E-state index is 0.521. The van der Waals surface area contributed by atoms with Gasteiger partial charge in [0.2, 0.25) is 0 Å². The SMILES string of the molecule is CC(C)CNCc1cc(COCCC2CCCN2C)on1. The third-order valence-electron chi connectivity index (χ3n) is 3.98. The first kappa shape index (κ1) is 16.5. The van der Waals surface area contributed by atoms with Crippen LogP contribution in [0.1, 0.15) is 44.6 Å². The summed E-state index contributed by atoms with van der Waals surface area (Å²) in [6.45, 7) is 8.67. The summed E-state index contributed by atoms with van der Waals surface area (Å²) in [5.74, 6) is 1.46. The van der Waals surface area contributed by atoms with Crippen LogP contribution in [0.4, 0.5) is 0 Å². The molecule has 21 heavy (non-hydrogen) atoms. The number of ether oxygens (including phenoxy) is 1. The van der Waals surface area contributed by atoms with E-state index in [4.69, 9.17) is 9.26 Å². The molecule has 1 atom stereocenters. The summed E-state index contributed by atoms with van der Waals surface area (Å²) in [5, 5.41) is 7.41. The van der Waals surface area contributed by atoms with Crippen LogP contribution in [0.2, 0.25) is 0 Å². The molecular formula is C16H29N3O2. The molecule has 1 saturated heterocycles. The van der Waals surface area contributed by atoms with E-state index in [0.717, 1.165) is 37.6 Å². The third kappa shape index (κ3) is 5.77.